The average molecular weight is 325 g/mol. The molecule has 0 aliphatic carbocycles. The van der Waals surface area contributed by atoms with Crippen LogP contribution < -0.4 is 0 Å². The standard InChI is InChI=1S/C12H14O.Sm/c1-3-7-12(13)10(2)11-8-5-4-6-9-11;/h3-6,8-9,13H,1,7H2,2H3;/q;+3/b12-10-;. The van der Waals surface area contributed by atoms with Crippen molar-refractivity contribution in [2.45, 2.75) is 13.3 Å². The van der Waals surface area contributed by atoms with Crippen LogP contribution in [0, 0.1) is 40.4 Å². The minimum Gasteiger partial charge on any atom is -0.512 e. The Bertz CT molecular complexity index is 314. The largest absolute Gasteiger partial charge is 3.00 e. The van der Waals surface area contributed by atoms with Crippen LogP contribution in [0.2, 0.25) is 0 Å². The van der Waals surface area contributed by atoms with Gasteiger partial charge in [0.2, 0.25) is 0 Å². The summed E-state index contributed by atoms with van der Waals surface area (Å²) in [6.45, 7) is 5.49. The molecule has 0 amide bonds. The second-order valence-corrected chi connectivity index (χ2v) is 2.93. The Kier molecular flexibility index (Phi) is 7.09. The van der Waals surface area contributed by atoms with Crippen LogP contribution in [-0.4, -0.2) is 5.11 Å². The van der Waals surface area contributed by atoms with Crippen LogP contribution in [0.4, 0.5) is 0 Å². The maximum atomic E-state index is 9.58. The first-order chi connectivity index (χ1) is 6.25. The van der Waals surface area contributed by atoms with Gasteiger partial charge in [0.25, 0.3) is 0 Å². The SMILES string of the molecule is C=CC/C(O)=C(\C)c1ccccc1.[Sm+3]. The van der Waals surface area contributed by atoms with Crippen molar-refractivity contribution in [2.75, 3.05) is 0 Å². The monoisotopic (exact) mass is 326 g/mol. The maximum Gasteiger partial charge on any atom is 3.00 e. The van der Waals surface area contributed by atoms with Crippen molar-refractivity contribution in [3.05, 3.63) is 54.3 Å². The van der Waals surface area contributed by atoms with Crippen LogP contribution in [0.15, 0.2) is 48.7 Å². The summed E-state index contributed by atoms with van der Waals surface area (Å²) in [5, 5.41) is 9.58. The number of hydrogen-bond acceptors (Lipinski definition) is 1. The smallest absolute Gasteiger partial charge is 0.512 e. The molecule has 1 nitrogen and oxygen atoms in total. The quantitative estimate of drug-likeness (QED) is 0.666. The van der Waals surface area contributed by atoms with E-state index in [2.05, 4.69) is 6.58 Å². The van der Waals surface area contributed by atoms with Gasteiger partial charge in [-0.2, -0.15) is 0 Å². The van der Waals surface area contributed by atoms with Gasteiger partial charge in [-0.05, 0) is 18.1 Å². The molecule has 1 aromatic carbocycles. The van der Waals surface area contributed by atoms with Crippen LogP contribution in [-0.2, 0) is 0 Å². The van der Waals surface area contributed by atoms with Crippen LogP contribution >= 0.6 is 0 Å². The second kappa shape index (κ2) is 7.17. The molecule has 1 N–H and O–H groups in total. The van der Waals surface area contributed by atoms with Crippen molar-refractivity contribution in [3.63, 3.8) is 0 Å². The van der Waals surface area contributed by atoms with Crippen molar-refractivity contribution < 1.29 is 45.5 Å². The van der Waals surface area contributed by atoms with E-state index in [0.29, 0.717) is 12.2 Å². The van der Waals surface area contributed by atoms with Crippen molar-refractivity contribution in [3.8, 4) is 0 Å². The van der Waals surface area contributed by atoms with Gasteiger partial charge in [0, 0.05) is 6.42 Å². The van der Waals surface area contributed by atoms with Crippen molar-refractivity contribution in [1.29, 1.82) is 0 Å². The van der Waals surface area contributed by atoms with E-state index in [1.807, 2.05) is 37.3 Å². The van der Waals surface area contributed by atoms with E-state index in [0.717, 1.165) is 11.1 Å². The fourth-order valence-electron chi connectivity index (χ4n) is 1.14. The minimum absolute atomic E-state index is 0. The molecule has 0 fully saturated rings. The van der Waals surface area contributed by atoms with E-state index in [9.17, 15) is 5.11 Å². The fourth-order valence-corrected chi connectivity index (χ4v) is 1.14. The van der Waals surface area contributed by atoms with E-state index >= 15 is 0 Å². The predicted octanol–water partition coefficient (Wildman–Crippen LogP) is 3.55. The molecule has 0 heterocycles. The van der Waals surface area contributed by atoms with Crippen LogP contribution in [0.1, 0.15) is 18.9 Å². The zero-order valence-electron chi connectivity index (χ0n) is 8.23. The van der Waals surface area contributed by atoms with Crippen LogP contribution in [0.5, 0.6) is 0 Å². The number of aliphatic hydroxyl groups is 1. The van der Waals surface area contributed by atoms with Crippen LogP contribution in [0.3, 0.4) is 0 Å². The Morgan fingerprint density at radius 2 is 1.93 bits per heavy atom. The molecular formula is C12H14OSm+3. The van der Waals surface area contributed by atoms with Gasteiger partial charge in [-0.3, -0.25) is 0 Å². The molecule has 0 saturated carbocycles. The second-order valence-electron chi connectivity index (χ2n) is 2.93. The average Bonchev–Trinajstić information content (AvgIpc) is 2.18. The first-order valence-electron chi connectivity index (χ1n) is 4.30. The van der Waals surface area contributed by atoms with E-state index in [1.54, 1.807) is 6.08 Å². The minimum atomic E-state index is 0. The molecule has 0 aliphatic heterocycles. The molecule has 0 saturated heterocycles. The summed E-state index contributed by atoms with van der Waals surface area (Å²) in [5.41, 5.74) is 1.97. The van der Waals surface area contributed by atoms with Gasteiger partial charge < -0.3 is 5.11 Å². The number of benzene rings is 1. The first kappa shape index (κ1) is 13.8. The van der Waals surface area contributed by atoms with Crippen molar-refractivity contribution in [1.82, 2.24) is 0 Å². The molecule has 14 heavy (non-hydrogen) atoms. The molecule has 0 aromatic heterocycles. The van der Waals surface area contributed by atoms with Crippen molar-refractivity contribution >= 4 is 5.57 Å². The van der Waals surface area contributed by atoms with Crippen molar-refractivity contribution in [2.24, 2.45) is 0 Å². The van der Waals surface area contributed by atoms with E-state index in [1.165, 1.54) is 0 Å². The maximum absolute atomic E-state index is 9.58. The van der Waals surface area contributed by atoms with E-state index < -0.39 is 0 Å². The third kappa shape index (κ3) is 3.92. The van der Waals surface area contributed by atoms with E-state index in [4.69, 9.17) is 0 Å². The van der Waals surface area contributed by atoms with Crippen LogP contribution in [0.25, 0.3) is 5.57 Å². The third-order valence-electron chi connectivity index (χ3n) is 1.98. The zero-order valence-corrected chi connectivity index (χ0v) is 10.9. The van der Waals surface area contributed by atoms with Gasteiger partial charge in [-0.1, -0.05) is 36.4 Å². The topological polar surface area (TPSA) is 20.2 Å². The van der Waals surface area contributed by atoms with Gasteiger partial charge in [0.05, 0.1) is 5.76 Å². The molecule has 1 radical (unpaired) electrons. The third-order valence-corrected chi connectivity index (χ3v) is 1.98. The summed E-state index contributed by atoms with van der Waals surface area (Å²) in [4.78, 5) is 0. The normalized spacial score (nSPS) is 11.2. The molecule has 1 aromatic rings. The van der Waals surface area contributed by atoms with Gasteiger partial charge in [0.15, 0.2) is 0 Å². The first-order valence-corrected chi connectivity index (χ1v) is 4.30. The summed E-state index contributed by atoms with van der Waals surface area (Å²) >= 11 is 0. The molecule has 71 valence electrons. The molecule has 2 heteroatoms. The number of aliphatic hydroxyl groups excluding tert-OH is 1. The Labute approximate surface area is 118 Å². The molecule has 1 rings (SSSR count). The summed E-state index contributed by atoms with van der Waals surface area (Å²) in [6, 6.07) is 9.84. The van der Waals surface area contributed by atoms with Gasteiger partial charge in [-0.25, -0.2) is 0 Å². The number of hydrogen-bond donors (Lipinski definition) is 1. The molecule has 0 aliphatic rings. The predicted molar refractivity (Wildman–Crippen MR) is 56.5 cm³/mol. The van der Waals surface area contributed by atoms with Gasteiger partial charge >= 0.3 is 40.4 Å². The Morgan fingerprint density at radius 3 is 2.43 bits per heavy atom. The Balaban J connectivity index is 0.00000169. The fraction of sp³-hybridized carbons (Fsp3) is 0.167. The molecule has 0 bridgehead atoms. The molecule has 0 spiro atoms. The summed E-state index contributed by atoms with van der Waals surface area (Å²) in [7, 11) is 0. The number of rotatable bonds is 3. The van der Waals surface area contributed by atoms with Gasteiger partial charge in [-0.15, -0.1) is 6.58 Å². The Hall–Kier alpha value is -0.162. The zero-order chi connectivity index (χ0) is 9.68. The summed E-state index contributed by atoms with van der Waals surface area (Å²) in [5.74, 6) is 0.390. The molecular weight excluding hydrogens is 310 g/mol. The molecule has 0 atom stereocenters. The summed E-state index contributed by atoms with van der Waals surface area (Å²) < 4.78 is 0. The number of allylic oxidation sites excluding steroid dienone is 2. The molecule has 0 unspecified atom stereocenters. The Morgan fingerprint density at radius 1 is 1.36 bits per heavy atom. The van der Waals surface area contributed by atoms with Gasteiger partial charge in [0.1, 0.15) is 0 Å². The summed E-state index contributed by atoms with van der Waals surface area (Å²) in [6.07, 6.45) is 2.22. The van der Waals surface area contributed by atoms with E-state index in [-0.39, 0.29) is 40.4 Å².